The summed E-state index contributed by atoms with van der Waals surface area (Å²) in [7, 11) is -9.98. The Morgan fingerprint density at radius 3 is 0.783 bits per heavy atom. The highest BCUT2D eigenvalue weighted by molar-refractivity contribution is 7.47. The molecule has 17 nitrogen and oxygen atoms in total. The molecule has 5 atom stereocenters. The highest BCUT2D eigenvalue weighted by atomic mass is 31.2. The van der Waals surface area contributed by atoms with Crippen LogP contribution in [-0.2, 0) is 65.4 Å². The van der Waals surface area contributed by atoms with Crippen molar-refractivity contribution in [1.29, 1.82) is 0 Å². The van der Waals surface area contributed by atoms with Gasteiger partial charge in [-0.15, -0.1) is 0 Å². The second-order valence-corrected chi connectivity index (χ2v) is 30.2. The fourth-order valence-corrected chi connectivity index (χ4v) is 12.4. The van der Waals surface area contributed by atoms with Crippen LogP contribution < -0.4 is 0 Å². The van der Waals surface area contributed by atoms with Crippen molar-refractivity contribution in [2.75, 3.05) is 39.6 Å². The van der Waals surface area contributed by atoms with Gasteiger partial charge in [-0.25, -0.2) is 9.13 Å². The number of phosphoric ester groups is 2. The molecule has 0 rings (SSSR count). The van der Waals surface area contributed by atoms with Crippen LogP contribution in [0.4, 0.5) is 0 Å². The molecule has 5 unspecified atom stereocenters. The van der Waals surface area contributed by atoms with Crippen LogP contribution in [-0.4, -0.2) is 96.7 Å². The van der Waals surface area contributed by atoms with Gasteiger partial charge in [0.15, 0.2) is 12.2 Å². The number of allylic oxidation sites excluding steroid dienone is 22. The predicted octanol–water partition coefficient (Wildman–Crippen LogP) is 24.4. The normalized spacial score (nSPS) is 14.5. The molecule has 0 bridgehead atoms. The van der Waals surface area contributed by atoms with Crippen LogP contribution in [0.2, 0.25) is 0 Å². The Hall–Kier alpha value is -4.80. The van der Waals surface area contributed by atoms with Gasteiger partial charge in [0, 0.05) is 25.7 Å². The number of aliphatic hydroxyl groups is 1. The van der Waals surface area contributed by atoms with Gasteiger partial charge in [0.2, 0.25) is 0 Å². The maximum Gasteiger partial charge on any atom is 0.472 e. The fraction of sp³-hybridized carbons (Fsp3) is 0.701. The van der Waals surface area contributed by atoms with Crippen LogP contribution in [0.25, 0.3) is 0 Å². The summed E-state index contributed by atoms with van der Waals surface area (Å²) >= 11 is 0. The van der Waals surface area contributed by atoms with Gasteiger partial charge in [-0.2, -0.15) is 0 Å². The highest BCUT2D eigenvalue weighted by Gasteiger charge is 2.30. The first kappa shape index (κ1) is 101. The SMILES string of the molecule is CC/C=C\C/C=C\C/C=C\C/C=C\C/C=C\CCCCCC(=O)OCC(COP(=O)(O)OCC(O)COP(=O)(O)OCC(COC(=O)CCCCCCC/C=C\C/C=C\CCCCC)OC(=O)CCCCCCCCCCCCCCC)OC(=O)CCCCCCCC/C=C\C/C=C\C/C=C\C/C=C\CC. The minimum atomic E-state index is -5.00. The van der Waals surface area contributed by atoms with Crippen molar-refractivity contribution < 1.29 is 80.2 Å². The quantitative estimate of drug-likeness (QED) is 0.0169. The van der Waals surface area contributed by atoms with Crippen molar-refractivity contribution in [3.05, 3.63) is 134 Å². The molecule has 0 saturated carbocycles. The zero-order chi connectivity index (χ0) is 77.4. The summed E-state index contributed by atoms with van der Waals surface area (Å²) in [5, 5.41) is 10.7. The number of aliphatic hydroxyl groups excluding tert-OH is 1. The Morgan fingerprint density at radius 2 is 0.491 bits per heavy atom. The van der Waals surface area contributed by atoms with Crippen LogP contribution in [0.15, 0.2) is 134 Å². The van der Waals surface area contributed by atoms with Crippen molar-refractivity contribution in [3.63, 3.8) is 0 Å². The van der Waals surface area contributed by atoms with Crippen LogP contribution in [0.1, 0.15) is 336 Å². The predicted molar refractivity (Wildman–Crippen MR) is 436 cm³/mol. The van der Waals surface area contributed by atoms with Gasteiger partial charge in [-0.1, -0.05) is 303 Å². The molecule has 19 heteroatoms. The van der Waals surface area contributed by atoms with Crippen LogP contribution in [0.3, 0.4) is 0 Å². The molecule has 0 spiro atoms. The molecule has 0 aliphatic rings. The van der Waals surface area contributed by atoms with E-state index >= 15 is 0 Å². The summed E-state index contributed by atoms with van der Waals surface area (Å²) in [5.41, 5.74) is 0. The summed E-state index contributed by atoms with van der Waals surface area (Å²) in [6.07, 6.45) is 88.4. The van der Waals surface area contributed by atoms with Crippen LogP contribution in [0.5, 0.6) is 0 Å². The molecule has 0 heterocycles. The zero-order valence-electron chi connectivity index (χ0n) is 66.6. The second kappa shape index (κ2) is 78.3. The van der Waals surface area contributed by atoms with E-state index in [4.69, 9.17) is 37.0 Å². The minimum absolute atomic E-state index is 0.0676. The van der Waals surface area contributed by atoms with Crippen molar-refractivity contribution in [1.82, 2.24) is 0 Å². The maximum absolute atomic E-state index is 13.1. The number of hydrogen-bond acceptors (Lipinski definition) is 15. The van der Waals surface area contributed by atoms with E-state index in [1.54, 1.807) is 0 Å². The van der Waals surface area contributed by atoms with Gasteiger partial charge in [0.05, 0.1) is 26.4 Å². The Morgan fingerprint density at radius 1 is 0.274 bits per heavy atom. The molecule has 106 heavy (non-hydrogen) atoms. The minimum Gasteiger partial charge on any atom is -0.462 e. The molecule has 0 aromatic rings. The molecule has 0 radical (unpaired) electrons. The number of carbonyl (C=O) groups excluding carboxylic acids is 4. The van der Waals surface area contributed by atoms with Gasteiger partial charge in [0.25, 0.3) is 0 Å². The molecule has 0 aliphatic heterocycles. The smallest absolute Gasteiger partial charge is 0.462 e. The molecule has 0 aromatic carbocycles. The monoisotopic (exact) mass is 1530 g/mol. The lowest BCUT2D eigenvalue weighted by molar-refractivity contribution is -0.161. The average Bonchev–Trinajstić information content (AvgIpc) is 0.903. The first-order valence-electron chi connectivity index (χ1n) is 41.4. The lowest BCUT2D eigenvalue weighted by atomic mass is 10.0. The lowest BCUT2D eigenvalue weighted by Gasteiger charge is -2.21. The van der Waals surface area contributed by atoms with Crippen molar-refractivity contribution in [3.8, 4) is 0 Å². The van der Waals surface area contributed by atoms with Crippen LogP contribution >= 0.6 is 15.6 Å². The summed E-state index contributed by atoms with van der Waals surface area (Å²) in [6.45, 7) is 4.59. The number of esters is 4. The first-order valence-corrected chi connectivity index (χ1v) is 44.4. The molecule has 0 amide bonds. The summed E-state index contributed by atoms with van der Waals surface area (Å²) in [6, 6.07) is 0. The van der Waals surface area contributed by atoms with Crippen molar-refractivity contribution in [2.24, 2.45) is 0 Å². The van der Waals surface area contributed by atoms with Crippen LogP contribution in [0, 0.1) is 0 Å². The van der Waals surface area contributed by atoms with E-state index in [0.717, 1.165) is 186 Å². The Balaban J connectivity index is 5.42. The molecule has 0 aromatic heterocycles. The van der Waals surface area contributed by atoms with E-state index in [1.807, 2.05) is 0 Å². The van der Waals surface area contributed by atoms with Crippen molar-refractivity contribution in [2.45, 2.75) is 354 Å². The average molecular weight is 1530 g/mol. The van der Waals surface area contributed by atoms with Gasteiger partial charge < -0.3 is 33.8 Å². The second-order valence-electron chi connectivity index (χ2n) is 27.3. The summed E-state index contributed by atoms with van der Waals surface area (Å²) in [5.74, 6) is -2.23. The van der Waals surface area contributed by atoms with Gasteiger partial charge in [-0.05, 0) is 141 Å². The highest BCUT2D eigenvalue weighted by Crippen LogP contribution is 2.45. The molecule has 0 saturated heterocycles. The van der Waals surface area contributed by atoms with Crippen molar-refractivity contribution >= 4 is 39.5 Å². The van der Waals surface area contributed by atoms with E-state index in [0.29, 0.717) is 25.7 Å². The van der Waals surface area contributed by atoms with E-state index in [1.165, 1.54) is 70.6 Å². The van der Waals surface area contributed by atoms with E-state index in [9.17, 15) is 43.2 Å². The lowest BCUT2D eigenvalue weighted by Crippen LogP contribution is -2.30. The van der Waals surface area contributed by atoms with E-state index in [2.05, 4.69) is 161 Å². The number of phosphoric acid groups is 2. The third-order valence-corrected chi connectivity index (χ3v) is 19.0. The molecule has 3 N–H and O–H groups in total. The number of unbranched alkanes of at least 4 members (excludes halogenated alkanes) is 29. The van der Waals surface area contributed by atoms with E-state index < -0.39 is 97.5 Å². The Kier molecular flexibility index (Phi) is 74.8. The fourth-order valence-electron chi connectivity index (χ4n) is 10.9. The third kappa shape index (κ3) is 77.4. The van der Waals surface area contributed by atoms with E-state index in [-0.39, 0.29) is 25.7 Å². The third-order valence-electron chi connectivity index (χ3n) is 17.1. The van der Waals surface area contributed by atoms with Gasteiger partial charge >= 0.3 is 39.5 Å². The summed E-state index contributed by atoms with van der Waals surface area (Å²) in [4.78, 5) is 73.1. The zero-order valence-corrected chi connectivity index (χ0v) is 68.4. The largest absolute Gasteiger partial charge is 0.472 e. The van der Waals surface area contributed by atoms with Gasteiger partial charge in [0.1, 0.15) is 19.3 Å². The summed E-state index contributed by atoms with van der Waals surface area (Å²) < 4.78 is 68.7. The Bertz CT molecular complexity index is 2530. The standard InChI is InChI=1S/C87H148O17P2/c1-5-9-13-17-21-25-29-33-36-38-40-42-45-49-52-56-60-64-68-72-85(90)98-78-83(104-87(92)74-70-66-62-58-54-50-46-43-41-39-37-34-30-26-22-18-14-10-6-2)80-102-106(95,96)100-76-81(88)75-99-105(93,94)101-79-82(103-86(91)73-69-65-61-57-53-47-32-28-24-20-16-12-8-4)77-97-84(89)71-67-63-59-55-51-48-44-35-31-27-23-19-15-11-7-3/h9-10,13-14,21-23,25-27,33-37,40-44,49,52,81-83,88H,5-8,11-12,15-20,24,28-32,38-39,45-48,50-51,53-80H2,1-4H3,(H,93,94)(H,95,96)/b13-9-,14-10-,25-21-,26-22-,27-23-,36-33-,37-34-,42-40-,43-41-,44-35-,52-49-. The molecule has 0 aliphatic carbocycles. The van der Waals surface area contributed by atoms with Gasteiger partial charge in [-0.3, -0.25) is 37.3 Å². The molecule has 608 valence electrons. The Labute approximate surface area is 644 Å². The molecular weight excluding hydrogens is 1380 g/mol. The number of carbonyl (C=O) groups is 4. The topological polar surface area (TPSA) is 237 Å². The number of rotatable bonds is 77. The molecular formula is C87H148O17P2. The first-order chi connectivity index (χ1) is 51.7. The molecule has 0 fully saturated rings. The number of hydrogen-bond donors (Lipinski definition) is 3. The maximum atomic E-state index is 13.1. The number of ether oxygens (including phenoxy) is 4.